The number of carbonyl (C=O) groups excluding carboxylic acids is 1. The quantitative estimate of drug-likeness (QED) is 0.286. The maximum absolute atomic E-state index is 10.7. The van der Waals surface area contributed by atoms with Gasteiger partial charge in [-0.1, -0.05) is 32.6 Å². The van der Waals surface area contributed by atoms with Crippen LogP contribution in [0.2, 0.25) is 0 Å². The molecule has 26 heavy (non-hydrogen) atoms. The van der Waals surface area contributed by atoms with E-state index < -0.39 is 6.03 Å². The molecule has 2 aromatic heterocycles. The molecule has 2 aromatic rings. The smallest absolute Gasteiger partial charge is 0.312 e. The fraction of sp³-hybridized carbons (Fsp3) is 0.471. The van der Waals surface area contributed by atoms with Crippen LogP contribution in [0.1, 0.15) is 44.8 Å². The zero-order valence-corrected chi connectivity index (χ0v) is 15.8. The average Bonchev–Trinajstić information content (AvgIpc) is 3.25. The minimum atomic E-state index is -0.594. The summed E-state index contributed by atoms with van der Waals surface area (Å²) in [6.07, 6.45) is 5.97. The number of hydrogen-bond acceptors (Lipinski definition) is 5. The number of amides is 2. The number of urea groups is 1. The molecule has 2 heterocycles. The van der Waals surface area contributed by atoms with Crippen LogP contribution in [-0.4, -0.2) is 23.5 Å². The molecule has 0 atom stereocenters. The lowest BCUT2D eigenvalue weighted by Crippen LogP contribution is -2.28. The van der Waals surface area contributed by atoms with Crippen molar-refractivity contribution in [1.82, 2.24) is 10.3 Å². The van der Waals surface area contributed by atoms with E-state index in [9.17, 15) is 4.79 Å². The highest BCUT2D eigenvalue weighted by atomic mass is 32.1. The number of aliphatic imine (C=N–C) groups is 1. The summed E-state index contributed by atoms with van der Waals surface area (Å²) < 4.78 is 5.63. The van der Waals surface area contributed by atoms with Gasteiger partial charge in [0, 0.05) is 11.9 Å². The molecule has 0 radical (unpaired) electrons. The van der Waals surface area contributed by atoms with Gasteiger partial charge in [-0.2, -0.15) is 0 Å². The summed E-state index contributed by atoms with van der Waals surface area (Å²) in [6, 6.07) is 2.97. The second-order valence-electron chi connectivity index (χ2n) is 5.83. The Kier molecular flexibility index (Phi) is 7.94. The summed E-state index contributed by atoms with van der Waals surface area (Å²) >= 11 is 1.42. The Balaban J connectivity index is 1.82. The topological polar surface area (TPSA) is 132 Å². The first-order valence-corrected chi connectivity index (χ1v) is 9.61. The van der Waals surface area contributed by atoms with Gasteiger partial charge in [-0.15, -0.1) is 11.3 Å². The van der Waals surface area contributed by atoms with E-state index >= 15 is 0 Å². The van der Waals surface area contributed by atoms with E-state index in [1.807, 2.05) is 5.38 Å². The number of nitrogens with one attached hydrogen (secondary N) is 2. The number of aromatic nitrogens is 1. The van der Waals surface area contributed by atoms with Gasteiger partial charge in [0.05, 0.1) is 6.54 Å². The van der Waals surface area contributed by atoms with Crippen LogP contribution in [0.3, 0.4) is 0 Å². The van der Waals surface area contributed by atoms with E-state index in [4.69, 9.17) is 15.9 Å². The third-order valence-corrected chi connectivity index (χ3v) is 4.39. The first-order valence-electron chi connectivity index (χ1n) is 8.73. The molecule has 9 heteroatoms. The third-order valence-electron chi connectivity index (χ3n) is 3.63. The van der Waals surface area contributed by atoms with Crippen LogP contribution in [0, 0.1) is 0 Å². The van der Waals surface area contributed by atoms with Crippen molar-refractivity contribution in [2.45, 2.75) is 45.6 Å². The van der Waals surface area contributed by atoms with E-state index in [0.717, 1.165) is 13.0 Å². The van der Waals surface area contributed by atoms with Gasteiger partial charge < -0.3 is 26.5 Å². The highest BCUT2D eigenvalue weighted by molar-refractivity contribution is 7.14. The molecule has 0 unspecified atom stereocenters. The van der Waals surface area contributed by atoms with Crippen LogP contribution in [0.15, 0.2) is 26.9 Å². The van der Waals surface area contributed by atoms with Crippen LogP contribution in [0.5, 0.6) is 0 Å². The molecule has 142 valence electrons. The van der Waals surface area contributed by atoms with Crippen molar-refractivity contribution in [3.8, 4) is 11.5 Å². The maximum atomic E-state index is 10.7. The molecule has 0 spiro atoms. The van der Waals surface area contributed by atoms with Gasteiger partial charge in [-0.3, -0.25) is 4.99 Å². The van der Waals surface area contributed by atoms with Crippen molar-refractivity contribution in [2.24, 2.45) is 16.5 Å². The molecular formula is C17H26N6O2S. The van der Waals surface area contributed by atoms with Gasteiger partial charge in [0.2, 0.25) is 0 Å². The monoisotopic (exact) mass is 378 g/mol. The average molecular weight is 379 g/mol. The number of hydrogen-bond donors (Lipinski definition) is 4. The predicted octanol–water partition coefficient (Wildman–Crippen LogP) is 3.27. The highest BCUT2D eigenvalue weighted by Crippen LogP contribution is 2.26. The Morgan fingerprint density at radius 1 is 1.27 bits per heavy atom. The van der Waals surface area contributed by atoms with Gasteiger partial charge in [0.25, 0.3) is 0 Å². The van der Waals surface area contributed by atoms with Gasteiger partial charge in [0.1, 0.15) is 11.5 Å². The predicted molar refractivity (Wildman–Crippen MR) is 105 cm³/mol. The van der Waals surface area contributed by atoms with Crippen LogP contribution in [0.25, 0.3) is 11.5 Å². The van der Waals surface area contributed by atoms with E-state index in [2.05, 4.69) is 27.5 Å². The Morgan fingerprint density at radius 2 is 2.08 bits per heavy atom. The number of thiazole rings is 1. The lowest BCUT2D eigenvalue weighted by molar-refractivity contribution is 0.247. The standard InChI is InChI=1S/C17H26N6O2S/c1-2-3-4-5-6-9-20-15(18)23-17-22-13(11-26-17)14-8-7-12(25-14)10-21-16(19)24/h7-8,11H,2-6,9-10H2,1H3,(H3,19,21,24)(H3,18,20,22,23). The lowest BCUT2D eigenvalue weighted by Gasteiger charge is -2.01. The molecule has 2 amide bonds. The Morgan fingerprint density at radius 3 is 2.85 bits per heavy atom. The Hall–Kier alpha value is -2.55. The molecule has 0 aliphatic rings. The van der Waals surface area contributed by atoms with Gasteiger partial charge in [0.15, 0.2) is 16.9 Å². The van der Waals surface area contributed by atoms with E-state index in [-0.39, 0.29) is 6.54 Å². The largest absolute Gasteiger partial charge is 0.458 e. The zero-order valence-electron chi connectivity index (χ0n) is 15.0. The normalized spacial score (nSPS) is 11.5. The van der Waals surface area contributed by atoms with Crippen molar-refractivity contribution in [3.05, 3.63) is 23.3 Å². The van der Waals surface area contributed by atoms with Crippen LogP contribution in [0.4, 0.5) is 9.93 Å². The Bertz CT molecular complexity index is 724. The third kappa shape index (κ3) is 6.75. The van der Waals surface area contributed by atoms with E-state index in [1.54, 1.807) is 12.1 Å². The number of primary amides is 1. The number of anilines is 1. The lowest BCUT2D eigenvalue weighted by atomic mass is 10.2. The number of nitrogens with two attached hydrogens (primary N) is 2. The summed E-state index contributed by atoms with van der Waals surface area (Å²) in [5, 5.41) is 8.00. The molecule has 0 saturated carbocycles. The van der Waals surface area contributed by atoms with Crippen LogP contribution >= 0.6 is 11.3 Å². The second-order valence-corrected chi connectivity index (χ2v) is 6.69. The van der Waals surface area contributed by atoms with Crippen LogP contribution in [-0.2, 0) is 6.54 Å². The van der Waals surface area contributed by atoms with E-state index in [1.165, 1.54) is 37.0 Å². The minimum Gasteiger partial charge on any atom is -0.458 e. The Labute approximate surface area is 157 Å². The molecule has 0 saturated heterocycles. The summed E-state index contributed by atoms with van der Waals surface area (Å²) in [7, 11) is 0. The molecule has 6 N–H and O–H groups in total. The summed E-state index contributed by atoms with van der Waals surface area (Å²) in [4.78, 5) is 19.5. The molecule has 0 bridgehead atoms. The fourth-order valence-corrected chi connectivity index (χ4v) is 3.00. The molecule has 0 fully saturated rings. The first kappa shape index (κ1) is 19.8. The van der Waals surface area contributed by atoms with Gasteiger partial charge in [-0.05, 0) is 18.6 Å². The number of carbonyl (C=O) groups is 1. The van der Waals surface area contributed by atoms with Crippen molar-refractivity contribution in [2.75, 3.05) is 11.9 Å². The zero-order chi connectivity index (χ0) is 18.8. The number of rotatable bonds is 10. The summed E-state index contributed by atoms with van der Waals surface area (Å²) in [5.74, 6) is 1.58. The SMILES string of the molecule is CCCCCCCN=C(N)Nc1nc(-c2ccc(CNC(N)=O)o2)cs1. The highest BCUT2D eigenvalue weighted by Gasteiger charge is 2.10. The van der Waals surface area contributed by atoms with Crippen molar-refractivity contribution < 1.29 is 9.21 Å². The number of nitrogens with zero attached hydrogens (tertiary/aromatic N) is 2. The van der Waals surface area contributed by atoms with Crippen molar-refractivity contribution >= 4 is 28.5 Å². The number of furan rings is 1. The van der Waals surface area contributed by atoms with E-state index in [0.29, 0.717) is 28.3 Å². The molecule has 0 aromatic carbocycles. The summed E-state index contributed by atoms with van der Waals surface area (Å²) in [5.41, 5.74) is 11.6. The van der Waals surface area contributed by atoms with Crippen molar-refractivity contribution in [3.63, 3.8) is 0 Å². The van der Waals surface area contributed by atoms with Crippen molar-refractivity contribution in [1.29, 1.82) is 0 Å². The molecule has 0 aliphatic heterocycles. The first-order chi connectivity index (χ1) is 12.6. The fourth-order valence-electron chi connectivity index (χ4n) is 2.29. The second kappa shape index (κ2) is 10.4. The molecule has 8 nitrogen and oxygen atoms in total. The summed E-state index contributed by atoms with van der Waals surface area (Å²) in [6.45, 7) is 3.15. The van der Waals surface area contributed by atoms with Gasteiger partial charge in [-0.25, -0.2) is 9.78 Å². The number of unbranched alkanes of at least 4 members (excludes halogenated alkanes) is 4. The maximum Gasteiger partial charge on any atom is 0.312 e. The molecule has 0 aliphatic carbocycles. The minimum absolute atomic E-state index is 0.239. The molecule has 2 rings (SSSR count). The van der Waals surface area contributed by atoms with Gasteiger partial charge >= 0.3 is 6.03 Å². The van der Waals surface area contributed by atoms with Crippen LogP contribution < -0.4 is 22.1 Å². The molecular weight excluding hydrogens is 352 g/mol. The number of guanidine groups is 1.